The predicted molar refractivity (Wildman–Crippen MR) is 68.8 cm³/mol. The SMILES string of the molecule is CCCCC(Cc1ccccn1)Cc1nn[nH]n1. The molecule has 18 heavy (non-hydrogen) atoms. The normalized spacial score (nSPS) is 12.5. The lowest BCUT2D eigenvalue weighted by molar-refractivity contribution is 0.446. The van der Waals surface area contributed by atoms with Crippen LogP contribution in [0, 0.1) is 5.92 Å². The first kappa shape index (κ1) is 12.7. The van der Waals surface area contributed by atoms with Crippen LogP contribution in [0.25, 0.3) is 0 Å². The zero-order valence-electron chi connectivity index (χ0n) is 10.7. The molecule has 5 heteroatoms. The van der Waals surface area contributed by atoms with Crippen LogP contribution in [0.2, 0.25) is 0 Å². The molecule has 96 valence electrons. The first-order chi connectivity index (χ1) is 8.88. The van der Waals surface area contributed by atoms with Crippen molar-refractivity contribution in [2.75, 3.05) is 0 Å². The predicted octanol–water partition coefficient (Wildman–Crippen LogP) is 2.19. The number of aromatic nitrogens is 5. The van der Waals surface area contributed by atoms with Crippen LogP contribution in [-0.4, -0.2) is 25.6 Å². The molecule has 0 saturated heterocycles. The minimum atomic E-state index is 0.539. The highest BCUT2D eigenvalue weighted by atomic mass is 15.5. The number of aromatic amines is 1. The van der Waals surface area contributed by atoms with Gasteiger partial charge in [-0.2, -0.15) is 5.21 Å². The molecule has 0 aliphatic rings. The van der Waals surface area contributed by atoms with Crippen LogP contribution >= 0.6 is 0 Å². The van der Waals surface area contributed by atoms with Crippen LogP contribution in [-0.2, 0) is 12.8 Å². The van der Waals surface area contributed by atoms with Crippen molar-refractivity contribution in [1.29, 1.82) is 0 Å². The molecule has 1 unspecified atom stereocenters. The van der Waals surface area contributed by atoms with E-state index in [9.17, 15) is 0 Å². The number of tetrazole rings is 1. The summed E-state index contributed by atoms with van der Waals surface area (Å²) >= 11 is 0. The van der Waals surface area contributed by atoms with Crippen LogP contribution < -0.4 is 0 Å². The third kappa shape index (κ3) is 3.91. The van der Waals surface area contributed by atoms with Crippen molar-refractivity contribution < 1.29 is 0 Å². The van der Waals surface area contributed by atoms with Gasteiger partial charge in [-0.3, -0.25) is 4.98 Å². The standard InChI is InChI=1S/C13H19N5/c1-2-3-6-11(10-13-15-17-18-16-13)9-12-7-4-5-8-14-12/h4-5,7-8,11H,2-3,6,9-10H2,1H3,(H,15,16,17,18). The van der Waals surface area contributed by atoms with Gasteiger partial charge in [0.1, 0.15) is 0 Å². The van der Waals surface area contributed by atoms with Gasteiger partial charge in [0.25, 0.3) is 0 Å². The smallest absolute Gasteiger partial charge is 0.174 e. The van der Waals surface area contributed by atoms with E-state index in [1.165, 1.54) is 19.3 Å². The molecule has 0 radical (unpaired) electrons. The lowest BCUT2D eigenvalue weighted by atomic mass is 9.93. The van der Waals surface area contributed by atoms with Crippen LogP contribution in [0.3, 0.4) is 0 Å². The maximum absolute atomic E-state index is 4.39. The topological polar surface area (TPSA) is 67.3 Å². The minimum Gasteiger partial charge on any atom is -0.261 e. The summed E-state index contributed by atoms with van der Waals surface area (Å²) in [4.78, 5) is 4.39. The first-order valence-corrected chi connectivity index (χ1v) is 6.50. The molecular formula is C13H19N5. The molecule has 1 N–H and O–H groups in total. The van der Waals surface area contributed by atoms with E-state index >= 15 is 0 Å². The Kier molecular flexibility index (Phi) is 4.81. The Labute approximate surface area is 107 Å². The van der Waals surface area contributed by atoms with Crippen LogP contribution in [0.5, 0.6) is 0 Å². The molecule has 0 saturated carbocycles. The molecule has 0 amide bonds. The summed E-state index contributed by atoms with van der Waals surface area (Å²) in [5.41, 5.74) is 1.14. The molecule has 0 spiro atoms. The Morgan fingerprint density at radius 3 is 2.89 bits per heavy atom. The van der Waals surface area contributed by atoms with Crippen molar-refractivity contribution in [3.05, 3.63) is 35.9 Å². The Morgan fingerprint density at radius 2 is 2.22 bits per heavy atom. The van der Waals surface area contributed by atoms with Crippen LogP contribution in [0.1, 0.15) is 37.7 Å². The maximum Gasteiger partial charge on any atom is 0.174 e. The summed E-state index contributed by atoms with van der Waals surface area (Å²) in [6.45, 7) is 2.21. The van der Waals surface area contributed by atoms with E-state index in [0.29, 0.717) is 5.92 Å². The van der Waals surface area contributed by atoms with Gasteiger partial charge >= 0.3 is 0 Å². The number of hydrogen-bond acceptors (Lipinski definition) is 4. The maximum atomic E-state index is 4.39. The molecule has 0 fully saturated rings. The second-order valence-electron chi connectivity index (χ2n) is 4.57. The van der Waals surface area contributed by atoms with Crippen molar-refractivity contribution in [2.45, 2.75) is 39.0 Å². The number of hydrogen-bond donors (Lipinski definition) is 1. The van der Waals surface area contributed by atoms with Crippen molar-refractivity contribution in [3.63, 3.8) is 0 Å². The lowest BCUT2D eigenvalue weighted by Crippen LogP contribution is -2.10. The lowest BCUT2D eigenvalue weighted by Gasteiger charge is -2.14. The summed E-state index contributed by atoms with van der Waals surface area (Å²) in [6.07, 6.45) is 7.32. The van der Waals surface area contributed by atoms with Gasteiger partial charge in [0.05, 0.1) is 0 Å². The molecular weight excluding hydrogens is 226 g/mol. The fourth-order valence-corrected chi connectivity index (χ4v) is 2.11. The summed E-state index contributed by atoms with van der Waals surface area (Å²) in [6, 6.07) is 6.06. The summed E-state index contributed by atoms with van der Waals surface area (Å²) < 4.78 is 0. The van der Waals surface area contributed by atoms with Crippen LogP contribution in [0.15, 0.2) is 24.4 Å². The molecule has 1 atom stereocenters. The molecule has 5 nitrogen and oxygen atoms in total. The molecule has 2 aromatic heterocycles. The van der Waals surface area contributed by atoms with Crippen molar-refractivity contribution in [2.24, 2.45) is 5.92 Å². The van der Waals surface area contributed by atoms with E-state index in [-0.39, 0.29) is 0 Å². The fourth-order valence-electron chi connectivity index (χ4n) is 2.11. The van der Waals surface area contributed by atoms with E-state index < -0.39 is 0 Å². The fraction of sp³-hybridized carbons (Fsp3) is 0.538. The van der Waals surface area contributed by atoms with Gasteiger partial charge in [0, 0.05) is 18.3 Å². The van der Waals surface area contributed by atoms with Crippen LogP contribution in [0.4, 0.5) is 0 Å². The number of nitrogens with one attached hydrogen (secondary N) is 1. The number of H-pyrrole nitrogens is 1. The van der Waals surface area contributed by atoms with Crippen molar-refractivity contribution in [3.8, 4) is 0 Å². The van der Waals surface area contributed by atoms with E-state index in [1.807, 2.05) is 18.3 Å². The highest BCUT2D eigenvalue weighted by Gasteiger charge is 2.13. The monoisotopic (exact) mass is 245 g/mol. The minimum absolute atomic E-state index is 0.539. The van der Waals surface area contributed by atoms with Gasteiger partial charge in [-0.25, -0.2) is 0 Å². The highest BCUT2D eigenvalue weighted by molar-refractivity contribution is 5.04. The van der Waals surface area contributed by atoms with Crippen molar-refractivity contribution >= 4 is 0 Å². The van der Waals surface area contributed by atoms with Gasteiger partial charge < -0.3 is 0 Å². The molecule has 2 aromatic rings. The molecule has 2 rings (SSSR count). The quantitative estimate of drug-likeness (QED) is 0.812. The van der Waals surface area contributed by atoms with Gasteiger partial charge in [-0.05, 0) is 30.9 Å². The number of unbranched alkanes of at least 4 members (excludes halogenated alkanes) is 1. The molecule has 2 heterocycles. The summed E-state index contributed by atoms with van der Waals surface area (Å²) in [5, 5.41) is 14.2. The Morgan fingerprint density at radius 1 is 1.28 bits per heavy atom. The van der Waals surface area contributed by atoms with Crippen molar-refractivity contribution in [1.82, 2.24) is 25.6 Å². The average Bonchev–Trinajstić information content (AvgIpc) is 2.90. The zero-order valence-corrected chi connectivity index (χ0v) is 10.7. The zero-order chi connectivity index (χ0) is 12.6. The molecule has 0 aromatic carbocycles. The molecule has 0 bridgehead atoms. The van der Waals surface area contributed by atoms with Gasteiger partial charge in [0.15, 0.2) is 5.82 Å². The van der Waals surface area contributed by atoms with E-state index in [1.54, 1.807) is 0 Å². The number of pyridine rings is 1. The van der Waals surface area contributed by atoms with E-state index in [0.717, 1.165) is 24.4 Å². The van der Waals surface area contributed by atoms with Gasteiger partial charge in [-0.1, -0.05) is 31.0 Å². The molecule has 0 aliphatic carbocycles. The third-order valence-corrected chi connectivity index (χ3v) is 3.05. The van der Waals surface area contributed by atoms with E-state index in [2.05, 4.69) is 38.6 Å². The second kappa shape index (κ2) is 6.83. The Hall–Kier alpha value is -1.78. The number of nitrogens with zero attached hydrogens (tertiary/aromatic N) is 4. The highest BCUT2D eigenvalue weighted by Crippen LogP contribution is 2.17. The molecule has 0 aliphatic heterocycles. The summed E-state index contributed by atoms with van der Waals surface area (Å²) in [7, 11) is 0. The third-order valence-electron chi connectivity index (χ3n) is 3.05. The summed E-state index contributed by atoms with van der Waals surface area (Å²) in [5.74, 6) is 1.34. The number of rotatable bonds is 7. The first-order valence-electron chi connectivity index (χ1n) is 6.50. The second-order valence-corrected chi connectivity index (χ2v) is 4.57. The van der Waals surface area contributed by atoms with Gasteiger partial charge in [-0.15, -0.1) is 10.2 Å². The largest absolute Gasteiger partial charge is 0.261 e. The van der Waals surface area contributed by atoms with E-state index in [4.69, 9.17) is 0 Å². The van der Waals surface area contributed by atoms with Gasteiger partial charge in [0.2, 0.25) is 0 Å². The Bertz CT molecular complexity index is 426. The average molecular weight is 245 g/mol. The Balaban J connectivity index is 1.96.